The number of nitrogens with two attached hydrogens (primary N) is 1. The molecular formula is C10H11N3O6. The molecule has 1 aromatic carbocycles. The van der Waals surface area contributed by atoms with E-state index in [2.05, 4.69) is 0 Å². The van der Waals surface area contributed by atoms with Crippen molar-refractivity contribution < 1.29 is 19.7 Å². The Kier molecular flexibility index (Phi) is 4.48. The van der Waals surface area contributed by atoms with E-state index >= 15 is 0 Å². The quantitative estimate of drug-likeness (QED) is 0.570. The minimum atomic E-state index is -1.17. The molecule has 0 heterocycles. The second kappa shape index (κ2) is 5.87. The Labute approximate surface area is 106 Å². The summed E-state index contributed by atoms with van der Waals surface area (Å²) < 4.78 is 0. The second-order valence-corrected chi connectivity index (χ2v) is 3.80. The summed E-state index contributed by atoms with van der Waals surface area (Å²) in [6.45, 7) is -0.177. The molecule has 1 unspecified atom stereocenters. The van der Waals surface area contributed by atoms with Gasteiger partial charge in [-0.1, -0.05) is 0 Å². The zero-order valence-electron chi connectivity index (χ0n) is 9.68. The number of carbonyl (C=O) groups is 1. The number of nitro groups is 2. The van der Waals surface area contributed by atoms with Gasteiger partial charge in [-0.15, -0.1) is 0 Å². The summed E-state index contributed by atoms with van der Waals surface area (Å²) in [5.41, 5.74) is 4.47. The maximum atomic E-state index is 10.8. The van der Waals surface area contributed by atoms with Gasteiger partial charge >= 0.3 is 5.97 Å². The van der Waals surface area contributed by atoms with E-state index in [4.69, 9.17) is 10.8 Å². The summed E-state index contributed by atoms with van der Waals surface area (Å²) in [5, 5.41) is 30.2. The van der Waals surface area contributed by atoms with Crippen molar-refractivity contribution in [3.63, 3.8) is 0 Å². The van der Waals surface area contributed by atoms with Crippen molar-refractivity contribution in [1.82, 2.24) is 0 Å². The van der Waals surface area contributed by atoms with E-state index in [1.807, 2.05) is 0 Å². The van der Waals surface area contributed by atoms with E-state index in [1.54, 1.807) is 0 Å². The number of nitro benzene ring substituents is 2. The average molecular weight is 269 g/mol. The Morgan fingerprint density at radius 1 is 1.32 bits per heavy atom. The minimum Gasteiger partial charge on any atom is -0.481 e. The predicted molar refractivity (Wildman–Crippen MR) is 63.6 cm³/mol. The van der Waals surface area contributed by atoms with Crippen molar-refractivity contribution in [3.8, 4) is 0 Å². The van der Waals surface area contributed by atoms with E-state index in [0.717, 1.165) is 12.1 Å². The second-order valence-electron chi connectivity index (χ2n) is 3.80. The molecule has 0 bridgehead atoms. The van der Waals surface area contributed by atoms with E-state index in [0.29, 0.717) is 0 Å². The lowest BCUT2D eigenvalue weighted by molar-refractivity contribution is -0.394. The van der Waals surface area contributed by atoms with Crippen molar-refractivity contribution in [1.29, 1.82) is 0 Å². The van der Waals surface area contributed by atoms with Gasteiger partial charge in [0.1, 0.15) is 0 Å². The highest BCUT2D eigenvalue weighted by Gasteiger charge is 2.24. The highest BCUT2D eigenvalue weighted by molar-refractivity contribution is 5.71. The maximum absolute atomic E-state index is 10.8. The molecule has 3 N–H and O–H groups in total. The summed E-state index contributed by atoms with van der Waals surface area (Å²) in [6, 6.07) is 3.09. The van der Waals surface area contributed by atoms with Crippen molar-refractivity contribution in [2.45, 2.75) is 6.42 Å². The van der Waals surface area contributed by atoms with Gasteiger partial charge < -0.3 is 10.8 Å². The van der Waals surface area contributed by atoms with Crippen LogP contribution in [0.25, 0.3) is 0 Å². The van der Waals surface area contributed by atoms with Crippen LogP contribution in [0.5, 0.6) is 0 Å². The third kappa shape index (κ3) is 3.45. The number of nitrogens with zero attached hydrogens (tertiary/aromatic N) is 2. The standard InChI is InChI=1S/C10H11N3O6/c11-5-7(10(14)15)3-6-1-2-8(12(16)17)4-9(6)13(18)19/h1-2,4,7H,3,5,11H2,(H,14,15). The van der Waals surface area contributed by atoms with Crippen LogP contribution in [0.2, 0.25) is 0 Å². The van der Waals surface area contributed by atoms with Crippen LogP contribution < -0.4 is 5.73 Å². The van der Waals surface area contributed by atoms with Crippen LogP contribution in [0.3, 0.4) is 0 Å². The van der Waals surface area contributed by atoms with Gasteiger partial charge in [0.25, 0.3) is 11.4 Å². The first-order chi connectivity index (χ1) is 8.86. The van der Waals surface area contributed by atoms with Gasteiger partial charge in [0.2, 0.25) is 0 Å². The van der Waals surface area contributed by atoms with Crippen molar-refractivity contribution >= 4 is 17.3 Å². The number of aliphatic carboxylic acids is 1. The third-order valence-corrected chi connectivity index (χ3v) is 2.58. The molecule has 0 radical (unpaired) electrons. The van der Waals surface area contributed by atoms with Crippen LogP contribution in [-0.2, 0) is 11.2 Å². The molecule has 0 aromatic heterocycles. The molecule has 19 heavy (non-hydrogen) atoms. The first-order valence-electron chi connectivity index (χ1n) is 5.21. The zero-order chi connectivity index (χ0) is 14.6. The summed E-state index contributed by atoms with van der Waals surface area (Å²) in [6.07, 6.45) is -0.153. The van der Waals surface area contributed by atoms with Gasteiger partial charge in [-0.25, -0.2) is 0 Å². The molecule has 0 aliphatic rings. The molecule has 1 rings (SSSR count). The first kappa shape index (κ1) is 14.5. The number of carboxylic acids is 1. The fourth-order valence-corrected chi connectivity index (χ4v) is 1.55. The molecule has 0 aliphatic heterocycles. The number of non-ortho nitro benzene ring substituents is 1. The van der Waals surface area contributed by atoms with E-state index in [-0.39, 0.29) is 18.5 Å². The Bertz CT molecular complexity index is 530. The smallest absolute Gasteiger partial charge is 0.308 e. The molecule has 102 valence electrons. The lowest BCUT2D eigenvalue weighted by Crippen LogP contribution is -2.25. The van der Waals surface area contributed by atoms with Gasteiger partial charge in [0.05, 0.1) is 21.8 Å². The number of hydrogen-bond donors (Lipinski definition) is 2. The molecule has 1 atom stereocenters. The lowest BCUT2D eigenvalue weighted by Gasteiger charge is -2.09. The van der Waals surface area contributed by atoms with Crippen LogP contribution in [0, 0.1) is 26.1 Å². The highest BCUT2D eigenvalue weighted by atomic mass is 16.6. The molecule has 0 spiro atoms. The molecule has 0 fully saturated rings. The number of hydrogen-bond acceptors (Lipinski definition) is 6. The van der Waals surface area contributed by atoms with Gasteiger partial charge in [0.15, 0.2) is 0 Å². The number of benzene rings is 1. The van der Waals surface area contributed by atoms with Gasteiger partial charge in [0, 0.05) is 18.2 Å². The number of carboxylic acid groups (broad SMARTS) is 1. The minimum absolute atomic E-state index is 0.105. The fraction of sp³-hybridized carbons (Fsp3) is 0.300. The van der Waals surface area contributed by atoms with Crippen LogP contribution in [-0.4, -0.2) is 27.5 Å². The summed E-state index contributed by atoms with van der Waals surface area (Å²) in [7, 11) is 0. The number of rotatable bonds is 6. The lowest BCUT2D eigenvalue weighted by atomic mass is 9.98. The largest absolute Gasteiger partial charge is 0.481 e. The van der Waals surface area contributed by atoms with Crippen LogP contribution in [0.1, 0.15) is 5.56 Å². The van der Waals surface area contributed by atoms with E-state index in [1.165, 1.54) is 6.07 Å². The van der Waals surface area contributed by atoms with E-state index < -0.39 is 33.1 Å². The van der Waals surface area contributed by atoms with Gasteiger partial charge in [-0.2, -0.15) is 0 Å². The van der Waals surface area contributed by atoms with Gasteiger partial charge in [-0.3, -0.25) is 25.0 Å². The monoisotopic (exact) mass is 269 g/mol. The third-order valence-electron chi connectivity index (χ3n) is 2.58. The maximum Gasteiger partial charge on any atom is 0.308 e. The molecule has 0 saturated heterocycles. The predicted octanol–water partition coefficient (Wildman–Crippen LogP) is 0.705. The SMILES string of the molecule is NCC(Cc1ccc([N+](=O)[O-])cc1[N+](=O)[O-])C(=O)O. The van der Waals surface area contributed by atoms with Crippen molar-refractivity contribution in [2.75, 3.05) is 6.54 Å². The average Bonchev–Trinajstić information content (AvgIpc) is 2.35. The van der Waals surface area contributed by atoms with Gasteiger partial charge in [-0.05, 0) is 12.5 Å². The Balaban J connectivity index is 3.16. The highest BCUT2D eigenvalue weighted by Crippen LogP contribution is 2.26. The molecule has 0 saturated carbocycles. The van der Waals surface area contributed by atoms with E-state index in [9.17, 15) is 25.0 Å². The van der Waals surface area contributed by atoms with Crippen LogP contribution in [0.4, 0.5) is 11.4 Å². The Hall–Kier alpha value is -2.55. The molecule has 9 nitrogen and oxygen atoms in total. The zero-order valence-corrected chi connectivity index (χ0v) is 9.68. The van der Waals surface area contributed by atoms with Crippen LogP contribution >= 0.6 is 0 Å². The summed E-state index contributed by atoms with van der Waals surface area (Å²) in [5.74, 6) is -2.14. The van der Waals surface area contributed by atoms with Crippen molar-refractivity contribution in [3.05, 3.63) is 44.0 Å². The first-order valence-corrected chi connectivity index (χ1v) is 5.21. The molecule has 0 aliphatic carbocycles. The summed E-state index contributed by atoms with van der Waals surface area (Å²) in [4.78, 5) is 30.7. The molecule has 9 heteroatoms. The Morgan fingerprint density at radius 2 is 1.95 bits per heavy atom. The van der Waals surface area contributed by atoms with Crippen LogP contribution in [0.15, 0.2) is 18.2 Å². The Morgan fingerprint density at radius 3 is 2.37 bits per heavy atom. The topological polar surface area (TPSA) is 150 Å². The fourth-order valence-electron chi connectivity index (χ4n) is 1.55. The van der Waals surface area contributed by atoms with Crippen molar-refractivity contribution in [2.24, 2.45) is 11.7 Å². The summed E-state index contributed by atoms with van der Waals surface area (Å²) >= 11 is 0. The normalized spacial score (nSPS) is 11.8. The molecule has 1 aromatic rings. The molecule has 0 amide bonds. The molecular weight excluding hydrogens is 258 g/mol.